The van der Waals surface area contributed by atoms with E-state index in [-0.39, 0.29) is 18.5 Å². The highest BCUT2D eigenvalue weighted by molar-refractivity contribution is 5.89. The van der Waals surface area contributed by atoms with Gasteiger partial charge >= 0.3 is 6.03 Å². The first-order chi connectivity index (χ1) is 11.5. The summed E-state index contributed by atoms with van der Waals surface area (Å²) in [5.74, 6) is 0.933. The summed E-state index contributed by atoms with van der Waals surface area (Å²) in [6.45, 7) is 0.230. The van der Waals surface area contributed by atoms with Gasteiger partial charge in [0.2, 0.25) is 6.79 Å². The van der Waals surface area contributed by atoms with Crippen molar-refractivity contribution in [1.29, 1.82) is 0 Å². The molecule has 0 saturated heterocycles. The quantitative estimate of drug-likeness (QED) is 0.872. The minimum absolute atomic E-state index is 0.147. The van der Waals surface area contributed by atoms with Gasteiger partial charge in [0, 0.05) is 14.1 Å². The summed E-state index contributed by atoms with van der Waals surface area (Å²) in [6, 6.07) is 9.86. The number of amides is 2. The Labute approximate surface area is 139 Å². The number of benzene rings is 2. The first-order valence-electron chi connectivity index (χ1n) is 7.38. The highest BCUT2D eigenvalue weighted by Gasteiger charge is 2.12. The largest absolute Gasteiger partial charge is 0.454 e. The van der Waals surface area contributed by atoms with E-state index in [2.05, 4.69) is 5.32 Å². The van der Waals surface area contributed by atoms with Crippen molar-refractivity contribution in [2.24, 2.45) is 0 Å². The van der Waals surface area contributed by atoms with Crippen molar-refractivity contribution >= 4 is 23.9 Å². The van der Waals surface area contributed by atoms with Crippen LogP contribution in [0.5, 0.6) is 11.5 Å². The number of carbonyl (C=O) groups is 1. The van der Waals surface area contributed by atoms with Gasteiger partial charge in [-0.15, -0.1) is 0 Å². The molecule has 1 aliphatic rings. The number of nitrogens with one attached hydrogen (secondary N) is 1. The molecule has 0 aromatic heterocycles. The van der Waals surface area contributed by atoms with Crippen molar-refractivity contribution < 1.29 is 18.7 Å². The topological polar surface area (TPSA) is 50.8 Å². The molecule has 24 heavy (non-hydrogen) atoms. The predicted molar refractivity (Wildman–Crippen MR) is 90.6 cm³/mol. The molecule has 0 spiro atoms. The fraction of sp³-hybridized carbons (Fsp3) is 0.167. The molecule has 0 bridgehead atoms. The average Bonchev–Trinajstić information content (AvgIpc) is 3.02. The molecule has 2 aromatic carbocycles. The van der Waals surface area contributed by atoms with E-state index in [1.165, 1.54) is 17.0 Å². The second-order valence-electron chi connectivity index (χ2n) is 5.51. The van der Waals surface area contributed by atoms with E-state index < -0.39 is 5.82 Å². The lowest BCUT2D eigenvalue weighted by Crippen LogP contribution is -2.27. The molecule has 124 valence electrons. The monoisotopic (exact) mass is 328 g/mol. The Hall–Kier alpha value is -3.02. The van der Waals surface area contributed by atoms with E-state index in [1.54, 1.807) is 26.2 Å². The molecule has 1 aliphatic heterocycles. The molecule has 0 radical (unpaired) electrons. The van der Waals surface area contributed by atoms with Crippen LogP contribution in [0.15, 0.2) is 36.4 Å². The van der Waals surface area contributed by atoms with Gasteiger partial charge in [-0.3, -0.25) is 0 Å². The fourth-order valence-electron chi connectivity index (χ4n) is 2.17. The summed E-state index contributed by atoms with van der Waals surface area (Å²) < 4.78 is 24.7. The number of ether oxygens (including phenoxy) is 2. The third-order valence-electron chi connectivity index (χ3n) is 3.51. The van der Waals surface area contributed by atoms with Gasteiger partial charge in [0.05, 0.1) is 5.69 Å². The molecule has 0 saturated carbocycles. The molecule has 2 aromatic rings. The van der Waals surface area contributed by atoms with E-state index in [1.807, 2.05) is 24.3 Å². The zero-order valence-electron chi connectivity index (χ0n) is 13.4. The highest BCUT2D eigenvalue weighted by Crippen LogP contribution is 2.33. The number of rotatable bonds is 3. The molecule has 0 fully saturated rings. The standard InChI is InChI=1S/C18H17FN2O3/c1-21(2)18(22)20-15-7-5-12(9-14(15)19)3-4-13-6-8-16-17(10-13)24-11-23-16/h3-10H,11H2,1-2H3,(H,20,22)/b4-3+. The van der Waals surface area contributed by atoms with Crippen LogP contribution in [0.25, 0.3) is 12.2 Å². The number of halogens is 1. The number of nitrogens with zero attached hydrogens (tertiary/aromatic N) is 1. The molecule has 0 aliphatic carbocycles. The Morgan fingerprint density at radius 2 is 1.75 bits per heavy atom. The van der Waals surface area contributed by atoms with Crippen molar-refractivity contribution in [2.75, 3.05) is 26.2 Å². The van der Waals surface area contributed by atoms with Crippen molar-refractivity contribution in [3.05, 3.63) is 53.3 Å². The van der Waals surface area contributed by atoms with Gasteiger partial charge in [-0.05, 0) is 35.4 Å². The SMILES string of the molecule is CN(C)C(=O)Nc1ccc(/C=C/c2ccc3c(c2)OCO3)cc1F. The molecule has 0 atom stereocenters. The number of hydrogen-bond donors (Lipinski definition) is 1. The Morgan fingerprint density at radius 3 is 2.46 bits per heavy atom. The molecule has 3 rings (SSSR count). The highest BCUT2D eigenvalue weighted by atomic mass is 19.1. The van der Waals surface area contributed by atoms with Gasteiger partial charge < -0.3 is 19.7 Å². The zero-order chi connectivity index (χ0) is 17.1. The van der Waals surface area contributed by atoms with Crippen molar-refractivity contribution in [3.8, 4) is 11.5 Å². The maximum Gasteiger partial charge on any atom is 0.321 e. The summed E-state index contributed by atoms with van der Waals surface area (Å²) in [7, 11) is 3.19. The van der Waals surface area contributed by atoms with Gasteiger partial charge in [0.1, 0.15) is 5.82 Å². The van der Waals surface area contributed by atoms with Gasteiger partial charge in [-0.25, -0.2) is 9.18 Å². The lowest BCUT2D eigenvalue weighted by atomic mass is 10.1. The van der Waals surface area contributed by atoms with Gasteiger partial charge in [0.25, 0.3) is 0 Å². The van der Waals surface area contributed by atoms with Crippen LogP contribution in [0.2, 0.25) is 0 Å². The van der Waals surface area contributed by atoms with E-state index in [0.717, 1.165) is 11.3 Å². The normalized spacial score (nSPS) is 12.5. The van der Waals surface area contributed by atoms with Crippen LogP contribution in [-0.2, 0) is 0 Å². The summed E-state index contributed by atoms with van der Waals surface area (Å²) in [4.78, 5) is 12.9. The minimum Gasteiger partial charge on any atom is -0.454 e. The molecule has 2 amide bonds. The van der Waals surface area contributed by atoms with E-state index >= 15 is 0 Å². The Kier molecular flexibility index (Phi) is 4.37. The summed E-state index contributed by atoms with van der Waals surface area (Å²) in [6.07, 6.45) is 3.65. The number of hydrogen-bond acceptors (Lipinski definition) is 3. The molecular formula is C18H17FN2O3. The number of carbonyl (C=O) groups excluding carboxylic acids is 1. The minimum atomic E-state index is -0.488. The third kappa shape index (κ3) is 3.48. The number of anilines is 1. The molecule has 6 heteroatoms. The van der Waals surface area contributed by atoms with Crippen LogP contribution >= 0.6 is 0 Å². The second kappa shape index (κ2) is 6.62. The Balaban J connectivity index is 1.73. The fourth-order valence-corrected chi connectivity index (χ4v) is 2.17. The summed E-state index contributed by atoms with van der Waals surface area (Å²) in [5.41, 5.74) is 1.76. The van der Waals surface area contributed by atoms with Crippen LogP contribution in [-0.4, -0.2) is 31.8 Å². The number of fused-ring (bicyclic) bond motifs is 1. The Bertz CT molecular complexity index is 803. The molecular weight excluding hydrogens is 311 g/mol. The van der Waals surface area contributed by atoms with Crippen molar-refractivity contribution in [3.63, 3.8) is 0 Å². The van der Waals surface area contributed by atoms with E-state index in [4.69, 9.17) is 9.47 Å². The van der Waals surface area contributed by atoms with E-state index in [9.17, 15) is 9.18 Å². The smallest absolute Gasteiger partial charge is 0.321 e. The van der Waals surface area contributed by atoms with Crippen molar-refractivity contribution in [1.82, 2.24) is 4.90 Å². The second-order valence-corrected chi connectivity index (χ2v) is 5.51. The van der Waals surface area contributed by atoms with Crippen molar-refractivity contribution in [2.45, 2.75) is 0 Å². The average molecular weight is 328 g/mol. The lowest BCUT2D eigenvalue weighted by molar-refractivity contribution is 0.174. The van der Waals surface area contributed by atoms with Crippen LogP contribution in [0.3, 0.4) is 0 Å². The zero-order valence-corrected chi connectivity index (χ0v) is 13.4. The molecule has 0 unspecified atom stereocenters. The van der Waals surface area contributed by atoms with Crippen LogP contribution < -0.4 is 14.8 Å². The maximum absolute atomic E-state index is 14.1. The van der Waals surface area contributed by atoms with Crippen LogP contribution in [0.1, 0.15) is 11.1 Å². The van der Waals surface area contributed by atoms with Crippen LogP contribution in [0, 0.1) is 5.82 Å². The third-order valence-corrected chi connectivity index (χ3v) is 3.51. The van der Waals surface area contributed by atoms with E-state index in [0.29, 0.717) is 11.3 Å². The van der Waals surface area contributed by atoms with Gasteiger partial charge in [0.15, 0.2) is 11.5 Å². The summed E-state index contributed by atoms with van der Waals surface area (Å²) in [5, 5.41) is 2.50. The molecule has 1 heterocycles. The first kappa shape index (κ1) is 15.9. The number of urea groups is 1. The molecule has 1 N–H and O–H groups in total. The maximum atomic E-state index is 14.1. The van der Waals surface area contributed by atoms with Gasteiger partial charge in [-0.1, -0.05) is 24.3 Å². The molecule has 5 nitrogen and oxygen atoms in total. The predicted octanol–water partition coefficient (Wildman–Crippen LogP) is 3.82. The lowest BCUT2D eigenvalue weighted by Gasteiger charge is -2.12. The Morgan fingerprint density at radius 1 is 1.08 bits per heavy atom. The summed E-state index contributed by atoms with van der Waals surface area (Å²) >= 11 is 0. The first-order valence-corrected chi connectivity index (χ1v) is 7.38. The van der Waals surface area contributed by atoms with Crippen LogP contribution in [0.4, 0.5) is 14.9 Å². The van der Waals surface area contributed by atoms with Gasteiger partial charge in [-0.2, -0.15) is 0 Å².